The van der Waals surface area contributed by atoms with Gasteiger partial charge in [0.05, 0.1) is 17.1 Å². The average molecular weight is 453 g/mol. The van der Waals surface area contributed by atoms with Gasteiger partial charge in [0, 0.05) is 16.0 Å². The Morgan fingerprint density at radius 2 is 1.77 bits per heavy atom. The molecule has 0 saturated carbocycles. The summed E-state index contributed by atoms with van der Waals surface area (Å²) in [5, 5.41) is 4.85. The third-order valence-corrected chi connectivity index (χ3v) is 7.24. The van der Waals surface area contributed by atoms with Crippen LogP contribution < -0.4 is 5.32 Å². The van der Waals surface area contributed by atoms with Gasteiger partial charge < -0.3 is 9.73 Å². The van der Waals surface area contributed by atoms with Crippen molar-refractivity contribution in [1.82, 2.24) is 10.3 Å². The Bertz CT molecular complexity index is 1280. The minimum absolute atomic E-state index is 0.168. The molecule has 0 spiro atoms. The van der Waals surface area contributed by atoms with Crippen LogP contribution >= 0.6 is 11.3 Å². The molecule has 2 aromatic carbocycles. The van der Waals surface area contributed by atoms with E-state index < -0.39 is 9.84 Å². The lowest BCUT2D eigenvalue weighted by Gasteiger charge is -2.04. The molecule has 31 heavy (non-hydrogen) atoms. The SMILES string of the molecule is Cc1oc(-c2ccc(C(=O)NCc3cccs3)cc2)nc1CS(=O)(=O)c1ccccc1. The van der Waals surface area contributed by atoms with Gasteiger partial charge in [-0.1, -0.05) is 24.3 Å². The molecule has 0 bridgehead atoms. The Morgan fingerprint density at radius 3 is 2.45 bits per heavy atom. The predicted molar refractivity (Wildman–Crippen MR) is 119 cm³/mol. The van der Waals surface area contributed by atoms with Crippen LogP contribution in [0.5, 0.6) is 0 Å². The van der Waals surface area contributed by atoms with Gasteiger partial charge in [0.1, 0.15) is 11.5 Å². The first-order valence-corrected chi connectivity index (χ1v) is 12.1. The first-order valence-electron chi connectivity index (χ1n) is 9.57. The molecular formula is C23H20N2O4S2. The second kappa shape index (κ2) is 8.87. The van der Waals surface area contributed by atoms with Crippen molar-refractivity contribution in [3.05, 3.63) is 94.0 Å². The first-order chi connectivity index (χ1) is 14.9. The van der Waals surface area contributed by atoms with Gasteiger partial charge in [-0.05, 0) is 54.8 Å². The van der Waals surface area contributed by atoms with Gasteiger partial charge in [-0.3, -0.25) is 4.79 Å². The van der Waals surface area contributed by atoms with Crippen molar-refractivity contribution in [2.24, 2.45) is 0 Å². The second-order valence-electron chi connectivity index (χ2n) is 6.93. The quantitative estimate of drug-likeness (QED) is 0.442. The van der Waals surface area contributed by atoms with Crippen molar-refractivity contribution < 1.29 is 17.6 Å². The van der Waals surface area contributed by atoms with Crippen molar-refractivity contribution in [2.75, 3.05) is 0 Å². The molecule has 0 atom stereocenters. The number of benzene rings is 2. The number of hydrogen-bond acceptors (Lipinski definition) is 6. The van der Waals surface area contributed by atoms with E-state index in [1.54, 1.807) is 72.9 Å². The molecule has 158 valence electrons. The molecule has 2 aromatic heterocycles. The van der Waals surface area contributed by atoms with E-state index in [4.69, 9.17) is 4.42 Å². The largest absolute Gasteiger partial charge is 0.441 e. The smallest absolute Gasteiger partial charge is 0.251 e. The van der Waals surface area contributed by atoms with Gasteiger partial charge in [0.15, 0.2) is 9.84 Å². The van der Waals surface area contributed by atoms with E-state index in [-0.39, 0.29) is 16.6 Å². The molecule has 0 saturated heterocycles. The van der Waals surface area contributed by atoms with Crippen LogP contribution in [0.2, 0.25) is 0 Å². The van der Waals surface area contributed by atoms with E-state index in [0.29, 0.717) is 35.0 Å². The Morgan fingerprint density at radius 1 is 1.03 bits per heavy atom. The zero-order valence-corrected chi connectivity index (χ0v) is 18.4. The van der Waals surface area contributed by atoms with Gasteiger partial charge in [0.25, 0.3) is 5.91 Å². The standard InChI is InChI=1S/C23H20N2O4S2/c1-16-21(15-31(27,28)20-7-3-2-4-8-20)25-23(29-16)18-11-9-17(10-12-18)22(26)24-14-19-6-5-13-30-19/h2-13H,14-15H2,1H3,(H,24,26). The fraction of sp³-hybridized carbons (Fsp3) is 0.130. The van der Waals surface area contributed by atoms with E-state index in [2.05, 4.69) is 10.3 Å². The maximum Gasteiger partial charge on any atom is 0.251 e. The Hall–Kier alpha value is -3.23. The number of carbonyl (C=O) groups excluding carboxylic acids is 1. The number of aromatic nitrogens is 1. The highest BCUT2D eigenvalue weighted by atomic mass is 32.2. The van der Waals surface area contributed by atoms with E-state index in [9.17, 15) is 13.2 Å². The molecule has 4 rings (SSSR count). The second-order valence-corrected chi connectivity index (χ2v) is 9.96. The molecule has 0 aliphatic rings. The molecule has 1 N–H and O–H groups in total. The first kappa shape index (κ1) is 21.0. The van der Waals surface area contributed by atoms with Gasteiger partial charge in [0.2, 0.25) is 5.89 Å². The number of nitrogens with one attached hydrogen (secondary N) is 1. The molecule has 8 heteroatoms. The number of amides is 1. The number of nitrogens with zero attached hydrogens (tertiary/aromatic N) is 1. The fourth-order valence-electron chi connectivity index (χ4n) is 3.02. The Labute approximate surface area is 184 Å². The number of oxazole rings is 1. The summed E-state index contributed by atoms with van der Waals surface area (Å²) >= 11 is 1.59. The Kier molecular flexibility index (Phi) is 6.01. The van der Waals surface area contributed by atoms with Crippen molar-refractivity contribution in [2.45, 2.75) is 24.1 Å². The van der Waals surface area contributed by atoms with E-state index in [0.717, 1.165) is 4.88 Å². The van der Waals surface area contributed by atoms with Crippen LogP contribution in [0, 0.1) is 6.92 Å². The normalized spacial score (nSPS) is 11.4. The summed E-state index contributed by atoms with van der Waals surface area (Å²) in [6.07, 6.45) is 0. The van der Waals surface area contributed by atoms with Crippen LogP contribution in [-0.4, -0.2) is 19.3 Å². The maximum atomic E-state index is 12.6. The zero-order valence-electron chi connectivity index (χ0n) is 16.7. The monoisotopic (exact) mass is 452 g/mol. The number of hydrogen-bond donors (Lipinski definition) is 1. The van der Waals surface area contributed by atoms with E-state index in [1.165, 1.54) is 0 Å². The van der Waals surface area contributed by atoms with Gasteiger partial charge in [-0.25, -0.2) is 13.4 Å². The lowest BCUT2D eigenvalue weighted by Crippen LogP contribution is -2.22. The molecular weight excluding hydrogens is 432 g/mol. The number of thiophene rings is 1. The summed E-state index contributed by atoms with van der Waals surface area (Å²) in [6, 6.07) is 19.0. The summed E-state index contributed by atoms with van der Waals surface area (Å²) < 4.78 is 31.0. The van der Waals surface area contributed by atoms with Crippen LogP contribution in [0.3, 0.4) is 0 Å². The third-order valence-electron chi connectivity index (χ3n) is 4.72. The van der Waals surface area contributed by atoms with Crippen LogP contribution in [0.4, 0.5) is 0 Å². The molecule has 4 aromatic rings. The van der Waals surface area contributed by atoms with Gasteiger partial charge in [-0.2, -0.15) is 0 Å². The molecule has 6 nitrogen and oxygen atoms in total. The summed E-state index contributed by atoms with van der Waals surface area (Å²) in [7, 11) is -3.52. The van der Waals surface area contributed by atoms with Crippen molar-refractivity contribution in [3.63, 3.8) is 0 Å². The Balaban J connectivity index is 1.47. The van der Waals surface area contributed by atoms with Crippen LogP contribution in [0.25, 0.3) is 11.5 Å². The van der Waals surface area contributed by atoms with Crippen LogP contribution in [0.1, 0.15) is 26.7 Å². The molecule has 0 aliphatic heterocycles. The van der Waals surface area contributed by atoms with E-state index >= 15 is 0 Å². The molecule has 1 amide bonds. The number of carbonyl (C=O) groups is 1. The topological polar surface area (TPSA) is 89.3 Å². The fourth-order valence-corrected chi connectivity index (χ4v) is 5.03. The average Bonchev–Trinajstić information content (AvgIpc) is 3.43. The zero-order chi connectivity index (χ0) is 21.8. The summed E-state index contributed by atoms with van der Waals surface area (Å²) in [6.45, 7) is 2.18. The summed E-state index contributed by atoms with van der Waals surface area (Å²) in [5.41, 5.74) is 1.56. The van der Waals surface area contributed by atoms with Crippen molar-refractivity contribution in [3.8, 4) is 11.5 Å². The van der Waals surface area contributed by atoms with Gasteiger partial charge in [-0.15, -0.1) is 11.3 Å². The predicted octanol–water partition coefficient (Wildman–Crippen LogP) is 4.62. The highest BCUT2D eigenvalue weighted by Gasteiger charge is 2.21. The lowest BCUT2D eigenvalue weighted by molar-refractivity contribution is 0.0951. The van der Waals surface area contributed by atoms with E-state index in [1.807, 2.05) is 17.5 Å². The lowest BCUT2D eigenvalue weighted by atomic mass is 10.1. The molecule has 0 radical (unpaired) electrons. The summed E-state index contributed by atoms with van der Waals surface area (Å²) in [5.74, 6) is 0.363. The number of sulfone groups is 1. The third kappa shape index (κ3) is 4.92. The molecule has 0 fully saturated rings. The number of aryl methyl sites for hydroxylation is 1. The molecule has 0 aliphatic carbocycles. The highest BCUT2D eigenvalue weighted by Crippen LogP contribution is 2.25. The summed E-state index contributed by atoms with van der Waals surface area (Å²) in [4.78, 5) is 18.0. The van der Waals surface area contributed by atoms with Crippen LogP contribution in [-0.2, 0) is 22.1 Å². The maximum absolute atomic E-state index is 12.6. The van der Waals surface area contributed by atoms with Crippen LogP contribution in [0.15, 0.2) is 81.4 Å². The number of rotatable bonds is 7. The van der Waals surface area contributed by atoms with Crippen molar-refractivity contribution >= 4 is 27.1 Å². The minimum atomic E-state index is -3.52. The molecule has 2 heterocycles. The highest BCUT2D eigenvalue weighted by molar-refractivity contribution is 7.90. The molecule has 0 unspecified atom stereocenters. The van der Waals surface area contributed by atoms with Crippen molar-refractivity contribution in [1.29, 1.82) is 0 Å². The van der Waals surface area contributed by atoms with Gasteiger partial charge >= 0.3 is 0 Å². The minimum Gasteiger partial charge on any atom is -0.441 e.